The molecule has 1 N–H and O–H groups in total. The Morgan fingerprint density at radius 3 is 2.92 bits per heavy atom. The molecule has 9 nitrogen and oxygen atoms in total. The summed E-state index contributed by atoms with van der Waals surface area (Å²) in [7, 11) is 0. The smallest absolute Gasteiger partial charge is 0.175 e. The predicted octanol–water partition coefficient (Wildman–Crippen LogP) is 0.884. The first kappa shape index (κ1) is 15.2. The van der Waals surface area contributed by atoms with Crippen molar-refractivity contribution in [2.24, 2.45) is 5.92 Å². The lowest BCUT2D eigenvalue weighted by molar-refractivity contribution is 0.425. The number of nitrogens with one attached hydrogen (secondary N) is 1. The standard InChI is InChI=1S/C17H19N9/c1-2-13-4-16(24-23-14(13)3-1)25-8-12(9-25)5-20-15-6-18-7-17(22-15)26-11-19-10-21-26/h4,6-7,10-12H,1-3,5,8-9H2,(H,20,22). The summed E-state index contributed by atoms with van der Waals surface area (Å²) < 4.78 is 1.59. The molecule has 132 valence electrons. The normalized spacial score (nSPS) is 16.4. The van der Waals surface area contributed by atoms with Crippen molar-refractivity contribution in [3.8, 4) is 5.82 Å². The van der Waals surface area contributed by atoms with Crippen LogP contribution in [0.4, 0.5) is 11.6 Å². The van der Waals surface area contributed by atoms with Gasteiger partial charge >= 0.3 is 0 Å². The van der Waals surface area contributed by atoms with Gasteiger partial charge < -0.3 is 10.2 Å². The van der Waals surface area contributed by atoms with E-state index in [9.17, 15) is 0 Å². The third-order valence-corrected chi connectivity index (χ3v) is 4.94. The SMILES string of the molecule is c1ncn(-c2cncc(NCC3CN(c4cc5c(nn4)CCC5)C3)n2)n1. The molecule has 3 aromatic heterocycles. The zero-order valence-electron chi connectivity index (χ0n) is 14.3. The number of hydrogen-bond donors (Lipinski definition) is 1. The Balaban J connectivity index is 1.17. The van der Waals surface area contributed by atoms with E-state index in [0.29, 0.717) is 11.7 Å². The van der Waals surface area contributed by atoms with Gasteiger partial charge in [-0.05, 0) is 30.9 Å². The lowest BCUT2D eigenvalue weighted by atomic mass is 10.00. The molecule has 1 saturated heterocycles. The molecule has 2 aliphatic rings. The molecule has 1 fully saturated rings. The molecular weight excluding hydrogens is 330 g/mol. The number of anilines is 2. The van der Waals surface area contributed by atoms with Crippen LogP contribution in [-0.2, 0) is 12.8 Å². The van der Waals surface area contributed by atoms with E-state index >= 15 is 0 Å². The molecule has 0 atom stereocenters. The highest BCUT2D eigenvalue weighted by Gasteiger charge is 2.29. The summed E-state index contributed by atoms with van der Waals surface area (Å²) in [5.41, 5.74) is 2.55. The Bertz CT molecular complexity index is 902. The summed E-state index contributed by atoms with van der Waals surface area (Å²) in [4.78, 5) is 14.9. The molecule has 1 aliphatic carbocycles. The largest absolute Gasteiger partial charge is 0.368 e. The Kier molecular flexibility index (Phi) is 3.69. The molecule has 0 aromatic carbocycles. The first-order chi connectivity index (χ1) is 12.8. The van der Waals surface area contributed by atoms with Crippen LogP contribution in [0.2, 0.25) is 0 Å². The minimum Gasteiger partial charge on any atom is -0.368 e. The number of aromatic nitrogens is 7. The quantitative estimate of drug-likeness (QED) is 0.725. The van der Waals surface area contributed by atoms with Gasteiger partial charge in [0.25, 0.3) is 0 Å². The van der Waals surface area contributed by atoms with Gasteiger partial charge in [0.1, 0.15) is 18.5 Å². The highest BCUT2D eigenvalue weighted by atomic mass is 15.3. The van der Waals surface area contributed by atoms with Crippen LogP contribution in [0.1, 0.15) is 17.7 Å². The number of fused-ring (bicyclic) bond motifs is 1. The van der Waals surface area contributed by atoms with Gasteiger partial charge in [-0.1, -0.05) is 0 Å². The number of hydrogen-bond acceptors (Lipinski definition) is 8. The average molecular weight is 349 g/mol. The molecule has 3 aromatic rings. The van der Waals surface area contributed by atoms with Gasteiger partial charge in [0.15, 0.2) is 11.6 Å². The fourth-order valence-electron chi connectivity index (χ4n) is 3.48. The molecule has 0 amide bonds. The van der Waals surface area contributed by atoms with E-state index in [-0.39, 0.29) is 0 Å². The molecule has 9 heteroatoms. The Labute approximate surface area is 150 Å². The zero-order valence-corrected chi connectivity index (χ0v) is 14.3. The minimum absolute atomic E-state index is 0.557. The van der Waals surface area contributed by atoms with Crippen molar-refractivity contribution in [3.05, 3.63) is 42.4 Å². The summed E-state index contributed by atoms with van der Waals surface area (Å²) in [6, 6.07) is 2.21. The van der Waals surface area contributed by atoms with Crippen molar-refractivity contribution in [3.63, 3.8) is 0 Å². The summed E-state index contributed by atoms with van der Waals surface area (Å²) in [5, 5.41) is 16.2. The van der Waals surface area contributed by atoms with Crippen LogP contribution in [0.3, 0.4) is 0 Å². The second-order valence-electron chi connectivity index (χ2n) is 6.78. The van der Waals surface area contributed by atoms with Crippen LogP contribution < -0.4 is 10.2 Å². The van der Waals surface area contributed by atoms with Crippen LogP contribution in [-0.4, -0.2) is 54.6 Å². The monoisotopic (exact) mass is 349 g/mol. The van der Waals surface area contributed by atoms with Crippen LogP contribution in [0, 0.1) is 5.92 Å². The van der Waals surface area contributed by atoms with Crippen molar-refractivity contribution in [1.82, 2.24) is 34.9 Å². The number of nitrogens with zero attached hydrogens (tertiary/aromatic N) is 8. The Hall–Kier alpha value is -3.10. The molecule has 5 rings (SSSR count). The third kappa shape index (κ3) is 2.85. The van der Waals surface area contributed by atoms with Crippen LogP contribution in [0.5, 0.6) is 0 Å². The lowest BCUT2D eigenvalue weighted by Crippen LogP contribution is -2.50. The molecule has 4 heterocycles. The highest BCUT2D eigenvalue weighted by Crippen LogP contribution is 2.27. The van der Waals surface area contributed by atoms with E-state index in [1.54, 1.807) is 23.4 Å². The van der Waals surface area contributed by atoms with Gasteiger partial charge in [-0.25, -0.2) is 14.6 Å². The zero-order chi connectivity index (χ0) is 17.3. The fraction of sp³-hybridized carbons (Fsp3) is 0.412. The first-order valence-corrected chi connectivity index (χ1v) is 8.86. The fourth-order valence-corrected chi connectivity index (χ4v) is 3.48. The van der Waals surface area contributed by atoms with Crippen LogP contribution in [0.25, 0.3) is 5.82 Å². The molecule has 26 heavy (non-hydrogen) atoms. The Morgan fingerprint density at radius 2 is 2.04 bits per heavy atom. The molecular formula is C17H19N9. The molecule has 0 bridgehead atoms. The van der Waals surface area contributed by atoms with Crippen molar-refractivity contribution in [1.29, 1.82) is 0 Å². The van der Waals surface area contributed by atoms with Crippen molar-refractivity contribution in [2.45, 2.75) is 19.3 Å². The first-order valence-electron chi connectivity index (χ1n) is 8.86. The summed E-state index contributed by atoms with van der Waals surface area (Å²) >= 11 is 0. The van der Waals surface area contributed by atoms with Gasteiger partial charge in [-0.3, -0.25) is 4.98 Å². The molecule has 1 aliphatic heterocycles. The van der Waals surface area contributed by atoms with Crippen LogP contribution >= 0.6 is 0 Å². The summed E-state index contributed by atoms with van der Waals surface area (Å²) in [5.74, 6) is 2.96. The van der Waals surface area contributed by atoms with Gasteiger partial charge in [0, 0.05) is 25.6 Å². The van der Waals surface area contributed by atoms with Crippen molar-refractivity contribution >= 4 is 11.6 Å². The van der Waals surface area contributed by atoms with E-state index < -0.39 is 0 Å². The maximum atomic E-state index is 4.51. The average Bonchev–Trinajstić information content (AvgIpc) is 3.32. The van der Waals surface area contributed by atoms with E-state index in [0.717, 1.165) is 44.1 Å². The van der Waals surface area contributed by atoms with Gasteiger partial charge in [-0.2, -0.15) is 10.2 Å². The second-order valence-corrected chi connectivity index (χ2v) is 6.78. The molecule has 0 unspecified atom stereocenters. The summed E-state index contributed by atoms with van der Waals surface area (Å²) in [6.07, 6.45) is 9.89. The van der Waals surface area contributed by atoms with E-state index in [2.05, 4.69) is 46.5 Å². The van der Waals surface area contributed by atoms with Crippen molar-refractivity contribution in [2.75, 3.05) is 29.9 Å². The van der Waals surface area contributed by atoms with Crippen LogP contribution in [0.15, 0.2) is 31.1 Å². The molecule has 0 saturated carbocycles. The van der Waals surface area contributed by atoms with Crippen molar-refractivity contribution < 1.29 is 0 Å². The highest BCUT2D eigenvalue weighted by molar-refractivity contribution is 5.45. The van der Waals surface area contributed by atoms with Gasteiger partial charge in [0.05, 0.1) is 18.1 Å². The number of aryl methyl sites for hydroxylation is 2. The lowest BCUT2D eigenvalue weighted by Gasteiger charge is -2.40. The Morgan fingerprint density at radius 1 is 1.08 bits per heavy atom. The second kappa shape index (κ2) is 6.32. The third-order valence-electron chi connectivity index (χ3n) is 4.94. The van der Waals surface area contributed by atoms with Gasteiger partial charge in [-0.15, -0.1) is 5.10 Å². The maximum Gasteiger partial charge on any atom is 0.175 e. The summed E-state index contributed by atoms with van der Waals surface area (Å²) in [6.45, 7) is 2.82. The predicted molar refractivity (Wildman–Crippen MR) is 95.2 cm³/mol. The molecule has 0 radical (unpaired) electrons. The minimum atomic E-state index is 0.557. The van der Waals surface area contributed by atoms with Gasteiger partial charge in [0.2, 0.25) is 0 Å². The van der Waals surface area contributed by atoms with E-state index in [4.69, 9.17) is 0 Å². The molecule has 0 spiro atoms. The number of rotatable bonds is 5. The van der Waals surface area contributed by atoms with E-state index in [1.807, 2.05) is 0 Å². The maximum absolute atomic E-state index is 4.51. The topological polar surface area (TPSA) is 97.5 Å². The van der Waals surface area contributed by atoms with E-state index in [1.165, 1.54) is 24.0 Å².